The molecule has 0 aromatic heterocycles. The fourth-order valence-electron chi connectivity index (χ4n) is 3.45. The number of anilines is 1. The van der Waals surface area contributed by atoms with Crippen molar-refractivity contribution in [2.24, 2.45) is 11.8 Å². The quantitative estimate of drug-likeness (QED) is 0.595. The molecule has 0 bridgehead atoms. The van der Waals surface area contributed by atoms with Gasteiger partial charge in [0.15, 0.2) is 0 Å². The molecule has 1 aromatic carbocycles. The van der Waals surface area contributed by atoms with Crippen molar-refractivity contribution in [3.05, 3.63) is 27.8 Å². The third kappa shape index (κ3) is 3.57. The van der Waals surface area contributed by atoms with E-state index in [2.05, 4.69) is 27.9 Å². The summed E-state index contributed by atoms with van der Waals surface area (Å²) in [5.41, 5.74) is 0.731. The molecule has 1 saturated heterocycles. The minimum atomic E-state index is -0.178. The van der Waals surface area contributed by atoms with Crippen LogP contribution in [0, 0.1) is 15.4 Å². The van der Waals surface area contributed by atoms with Gasteiger partial charge in [-0.1, -0.05) is 18.9 Å². The zero-order chi connectivity index (χ0) is 16.4. The summed E-state index contributed by atoms with van der Waals surface area (Å²) in [6, 6.07) is 7.51. The first-order chi connectivity index (χ1) is 11.1. The second-order valence-electron chi connectivity index (χ2n) is 6.13. The topological polar surface area (TPSA) is 66.5 Å². The summed E-state index contributed by atoms with van der Waals surface area (Å²) in [5, 5.41) is 2.81. The molecule has 1 heterocycles. The summed E-state index contributed by atoms with van der Waals surface area (Å²) in [6.07, 6.45) is 3.78. The average Bonchev–Trinajstić information content (AvgIpc) is 2.77. The molecular weight excluding hydrogens is 407 g/mol. The molecule has 2 atom stereocenters. The van der Waals surface area contributed by atoms with Crippen LogP contribution in [0.3, 0.4) is 0 Å². The average molecular weight is 426 g/mol. The van der Waals surface area contributed by atoms with E-state index in [0.717, 1.165) is 34.9 Å². The highest BCUT2D eigenvalue weighted by Crippen LogP contribution is 2.37. The number of amides is 3. The Labute approximate surface area is 148 Å². The Morgan fingerprint density at radius 3 is 2.43 bits per heavy atom. The summed E-state index contributed by atoms with van der Waals surface area (Å²) < 4.78 is 1.04. The van der Waals surface area contributed by atoms with E-state index < -0.39 is 0 Å². The van der Waals surface area contributed by atoms with Gasteiger partial charge in [-0.25, -0.2) is 0 Å². The number of rotatable bonds is 4. The molecule has 0 spiro atoms. The molecule has 3 rings (SSSR count). The summed E-state index contributed by atoms with van der Waals surface area (Å²) in [7, 11) is 0. The highest BCUT2D eigenvalue weighted by Gasteiger charge is 2.47. The summed E-state index contributed by atoms with van der Waals surface area (Å²) in [6.45, 7) is 0.181. The number of hydrogen-bond donors (Lipinski definition) is 1. The van der Waals surface area contributed by atoms with Crippen LogP contribution < -0.4 is 5.32 Å². The van der Waals surface area contributed by atoms with E-state index in [9.17, 15) is 14.4 Å². The van der Waals surface area contributed by atoms with Gasteiger partial charge in [-0.15, -0.1) is 0 Å². The van der Waals surface area contributed by atoms with Crippen molar-refractivity contribution >= 4 is 46.0 Å². The SMILES string of the molecule is O=C(CCN1C(=O)[C@@H]2CCCC[C@H]2C1=O)Nc1cccc(I)c1. The van der Waals surface area contributed by atoms with Crippen LogP contribution >= 0.6 is 22.6 Å². The first kappa shape index (κ1) is 16.4. The molecule has 1 aliphatic heterocycles. The van der Waals surface area contributed by atoms with Gasteiger partial charge in [-0.2, -0.15) is 0 Å². The molecule has 1 aromatic rings. The second kappa shape index (κ2) is 6.98. The van der Waals surface area contributed by atoms with E-state index in [1.807, 2.05) is 24.3 Å². The van der Waals surface area contributed by atoms with Crippen LogP contribution in [0.25, 0.3) is 0 Å². The smallest absolute Gasteiger partial charge is 0.233 e. The molecule has 1 aliphatic carbocycles. The number of hydrogen-bond acceptors (Lipinski definition) is 3. The molecular formula is C17H19IN2O3. The van der Waals surface area contributed by atoms with Gasteiger partial charge in [0.05, 0.1) is 11.8 Å². The van der Waals surface area contributed by atoms with Crippen LogP contribution in [0.4, 0.5) is 5.69 Å². The van der Waals surface area contributed by atoms with Crippen molar-refractivity contribution in [3.8, 4) is 0 Å². The number of nitrogens with zero attached hydrogens (tertiary/aromatic N) is 1. The van der Waals surface area contributed by atoms with E-state index in [1.54, 1.807) is 0 Å². The van der Waals surface area contributed by atoms with E-state index in [-0.39, 0.29) is 42.5 Å². The van der Waals surface area contributed by atoms with Crippen LogP contribution in [0.1, 0.15) is 32.1 Å². The minimum Gasteiger partial charge on any atom is -0.326 e. The lowest BCUT2D eigenvalue weighted by atomic mass is 9.81. The molecule has 1 N–H and O–H groups in total. The van der Waals surface area contributed by atoms with Crippen LogP contribution in [0.15, 0.2) is 24.3 Å². The third-order valence-electron chi connectivity index (χ3n) is 4.60. The first-order valence-electron chi connectivity index (χ1n) is 7.97. The number of nitrogens with one attached hydrogen (secondary N) is 1. The van der Waals surface area contributed by atoms with E-state index in [0.29, 0.717) is 0 Å². The molecule has 5 nitrogen and oxygen atoms in total. The zero-order valence-electron chi connectivity index (χ0n) is 12.8. The van der Waals surface area contributed by atoms with Gasteiger partial charge in [-0.05, 0) is 53.6 Å². The molecule has 3 amide bonds. The number of carbonyl (C=O) groups excluding carboxylic acids is 3. The Morgan fingerprint density at radius 1 is 1.17 bits per heavy atom. The van der Waals surface area contributed by atoms with Crippen LogP contribution in [-0.2, 0) is 14.4 Å². The van der Waals surface area contributed by atoms with Gasteiger partial charge in [0.2, 0.25) is 17.7 Å². The van der Waals surface area contributed by atoms with Crippen molar-refractivity contribution in [3.63, 3.8) is 0 Å². The monoisotopic (exact) mass is 426 g/mol. The molecule has 2 fully saturated rings. The molecule has 122 valence electrons. The van der Waals surface area contributed by atoms with Gasteiger partial charge in [0.25, 0.3) is 0 Å². The molecule has 1 saturated carbocycles. The number of likely N-dealkylation sites (tertiary alicyclic amines) is 1. The van der Waals surface area contributed by atoms with E-state index in [4.69, 9.17) is 0 Å². The Bertz CT molecular complexity index is 622. The summed E-state index contributed by atoms with van der Waals surface area (Å²) in [5.74, 6) is -0.629. The van der Waals surface area contributed by atoms with Crippen LogP contribution in [-0.4, -0.2) is 29.2 Å². The van der Waals surface area contributed by atoms with Crippen LogP contribution in [0.5, 0.6) is 0 Å². The highest BCUT2D eigenvalue weighted by atomic mass is 127. The van der Waals surface area contributed by atoms with Crippen molar-refractivity contribution in [2.75, 3.05) is 11.9 Å². The molecule has 6 heteroatoms. The fraction of sp³-hybridized carbons (Fsp3) is 0.471. The van der Waals surface area contributed by atoms with Gasteiger partial charge >= 0.3 is 0 Å². The zero-order valence-corrected chi connectivity index (χ0v) is 14.9. The molecule has 23 heavy (non-hydrogen) atoms. The predicted octanol–water partition coefficient (Wildman–Crippen LogP) is 2.80. The van der Waals surface area contributed by atoms with Crippen molar-refractivity contribution in [1.82, 2.24) is 4.90 Å². The minimum absolute atomic E-state index is 0.0817. The maximum absolute atomic E-state index is 12.3. The lowest BCUT2D eigenvalue weighted by molar-refractivity contribution is -0.140. The number of carbonyl (C=O) groups is 3. The maximum Gasteiger partial charge on any atom is 0.233 e. The molecule has 0 unspecified atom stereocenters. The number of fused-ring (bicyclic) bond motifs is 1. The number of benzene rings is 1. The van der Waals surface area contributed by atoms with Gasteiger partial charge in [0, 0.05) is 22.2 Å². The van der Waals surface area contributed by atoms with Crippen molar-refractivity contribution in [1.29, 1.82) is 0 Å². The van der Waals surface area contributed by atoms with Gasteiger partial charge in [-0.3, -0.25) is 19.3 Å². The number of imide groups is 1. The van der Waals surface area contributed by atoms with Crippen molar-refractivity contribution in [2.45, 2.75) is 32.1 Å². The second-order valence-corrected chi connectivity index (χ2v) is 7.38. The van der Waals surface area contributed by atoms with E-state index >= 15 is 0 Å². The molecule has 2 aliphatic rings. The van der Waals surface area contributed by atoms with Gasteiger partial charge < -0.3 is 5.32 Å². The largest absolute Gasteiger partial charge is 0.326 e. The highest BCUT2D eigenvalue weighted by molar-refractivity contribution is 14.1. The normalized spacial score (nSPS) is 23.8. The summed E-state index contributed by atoms with van der Waals surface area (Å²) >= 11 is 2.18. The Kier molecular flexibility index (Phi) is 4.99. The Morgan fingerprint density at radius 2 is 1.83 bits per heavy atom. The first-order valence-corrected chi connectivity index (χ1v) is 9.05. The predicted molar refractivity (Wildman–Crippen MR) is 94.6 cm³/mol. The maximum atomic E-state index is 12.3. The molecule has 0 radical (unpaired) electrons. The lowest BCUT2D eigenvalue weighted by Gasteiger charge is -2.19. The Balaban J connectivity index is 1.56. The van der Waals surface area contributed by atoms with Crippen LogP contribution in [0.2, 0.25) is 0 Å². The lowest BCUT2D eigenvalue weighted by Crippen LogP contribution is -2.34. The van der Waals surface area contributed by atoms with Crippen molar-refractivity contribution < 1.29 is 14.4 Å². The third-order valence-corrected chi connectivity index (χ3v) is 5.27. The number of halogens is 1. The summed E-state index contributed by atoms with van der Waals surface area (Å²) in [4.78, 5) is 38.0. The fourth-order valence-corrected chi connectivity index (χ4v) is 4.00. The van der Waals surface area contributed by atoms with Gasteiger partial charge in [0.1, 0.15) is 0 Å². The van der Waals surface area contributed by atoms with E-state index in [1.165, 1.54) is 4.90 Å². The Hall–Kier alpha value is -1.44. The standard InChI is InChI=1S/C17H19IN2O3/c18-11-4-3-5-12(10-11)19-15(21)8-9-20-16(22)13-6-1-2-7-14(13)17(20)23/h3-5,10,13-14H,1-2,6-9H2,(H,19,21)/t13-,14-/m1/s1.